The standard InChI is InChI=1S/C6H15O4P/c1-4-5-11(7,8)6(9-2)10-3/h6H,4-5H2,1-3H3,(H,7,8)/p-1. The third-order valence-corrected chi connectivity index (χ3v) is 3.39. The molecule has 0 aliphatic rings. The van der Waals surface area contributed by atoms with E-state index in [1.807, 2.05) is 0 Å². The van der Waals surface area contributed by atoms with E-state index in [4.69, 9.17) is 0 Å². The van der Waals surface area contributed by atoms with Crippen LogP contribution >= 0.6 is 7.37 Å². The van der Waals surface area contributed by atoms with Gasteiger partial charge in [-0.05, 0) is 6.16 Å². The van der Waals surface area contributed by atoms with Gasteiger partial charge in [-0.3, -0.25) is 0 Å². The molecule has 0 heterocycles. The van der Waals surface area contributed by atoms with Crippen LogP contribution in [0, 0.1) is 0 Å². The lowest BCUT2D eigenvalue weighted by atomic mass is 10.6. The van der Waals surface area contributed by atoms with Crippen LogP contribution < -0.4 is 4.89 Å². The SMILES string of the molecule is CCCP(=O)([O-])C(OC)OC. The van der Waals surface area contributed by atoms with Crippen molar-refractivity contribution in [2.75, 3.05) is 20.4 Å². The van der Waals surface area contributed by atoms with E-state index in [1.165, 1.54) is 14.2 Å². The lowest BCUT2D eigenvalue weighted by molar-refractivity contribution is -0.202. The molecular weight excluding hydrogens is 167 g/mol. The summed E-state index contributed by atoms with van der Waals surface area (Å²) >= 11 is 0. The Labute approximate surface area is 67.0 Å². The maximum absolute atomic E-state index is 11.2. The van der Waals surface area contributed by atoms with E-state index in [0.717, 1.165) is 0 Å². The first-order chi connectivity index (χ1) is 5.08. The van der Waals surface area contributed by atoms with E-state index in [9.17, 15) is 9.46 Å². The Balaban J connectivity index is 4.13. The minimum Gasteiger partial charge on any atom is -0.796 e. The zero-order chi connectivity index (χ0) is 8.91. The second-order valence-electron chi connectivity index (χ2n) is 2.23. The Morgan fingerprint density at radius 1 is 1.45 bits per heavy atom. The molecule has 0 N–H and O–H groups in total. The van der Waals surface area contributed by atoms with Crippen molar-refractivity contribution in [3.63, 3.8) is 0 Å². The summed E-state index contributed by atoms with van der Waals surface area (Å²) in [5.41, 5.74) is 0. The van der Waals surface area contributed by atoms with Crippen molar-refractivity contribution in [3.05, 3.63) is 0 Å². The zero-order valence-electron chi connectivity index (χ0n) is 7.07. The van der Waals surface area contributed by atoms with Gasteiger partial charge in [0.25, 0.3) is 0 Å². The molecule has 0 aliphatic heterocycles. The van der Waals surface area contributed by atoms with Crippen molar-refractivity contribution in [2.45, 2.75) is 19.4 Å². The molecule has 0 saturated carbocycles. The fourth-order valence-electron chi connectivity index (χ4n) is 0.835. The highest BCUT2D eigenvalue weighted by Gasteiger charge is 2.19. The molecule has 11 heavy (non-hydrogen) atoms. The van der Waals surface area contributed by atoms with Crippen LogP contribution in [-0.2, 0) is 14.0 Å². The summed E-state index contributed by atoms with van der Waals surface area (Å²) in [6, 6.07) is -1.08. The summed E-state index contributed by atoms with van der Waals surface area (Å²) < 4.78 is 20.4. The van der Waals surface area contributed by atoms with Gasteiger partial charge in [0.05, 0.1) is 7.37 Å². The predicted octanol–water partition coefficient (Wildman–Crippen LogP) is 0.611. The maximum Gasteiger partial charge on any atom is 0.197 e. The largest absolute Gasteiger partial charge is 0.796 e. The first kappa shape index (κ1) is 11.1. The number of hydrogen-bond acceptors (Lipinski definition) is 4. The Bertz CT molecular complexity index is 144. The van der Waals surface area contributed by atoms with Crippen molar-refractivity contribution in [1.29, 1.82) is 0 Å². The Hall–Kier alpha value is 0.110. The quantitative estimate of drug-likeness (QED) is 0.460. The predicted molar refractivity (Wildman–Crippen MR) is 40.6 cm³/mol. The van der Waals surface area contributed by atoms with Crippen LogP contribution in [0.2, 0.25) is 0 Å². The van der Waals surface area contributed by atoms with Crippen LogP contribution in [0.1, 0.15) is 13.3 Å². The molecule has 68 valence electrons. The summed E-state index contributed by atoms with van der Waals surface area (Å²) in [6.07, 6.45) is 0.712. The molecular formula is C6H14O4P-. The fraction of sp³-hybridized carbons (Fsp3) is 1.00. The van der Waals surface area contributed by atoms with Gasteiger partial charge in [-0.1, -0.05) is 13.3 Å². The van der Waals surface area contributed by atoms with E-state index in [0.29, 0.717) is 6.42 Å². The monoisotopic (exact) mass is 181 g/mol. The van der Waals surface area contributed by atoms with Crippen molar-refractivity contribution < 1.29 is 18.9 Å². The van der Waals surface area contributed by atoms with Gasteiger partial charge in [-0.15, -0.1) is 0 Å². The fourth-order valence-corrected chi connectivity index (χ4v) is 2.31. The second kappa shape index (κ2) is 4.88. The molecule has 4 nitrogen and oxygen atoms in total. The number of ether oxygens (including phenoxy) is 2. The third-order valence-electron chi connectivity index (χ3n) is 1.26. The summed E-state index contributed by atoms with van der Waals surface area (Å²) in [4.78, 5) is 11.2. The van der Waals surface area contributed by atoms with Gasteiger partial charge in [-0.2, -0.15) is 0 Å². The highest BCUT2D eigenvalue weighted by molar-refractivity contribution is 7.56. The van der Waals surface area contributed by atoms with Crippen molar-refractivity contribution >= 4 is 7.37 Å². The topological polar surface area (TPSA) is 58.6 Å². The number of methoxy groups -OCH3 is 2. The van der Waals surface area contributed by atoms with Crippen molar-refractivity contribution in [2.24, 2.45) is 0 Å². The van der Waals surface area contributed by atoms with Gasteiger partial charge < -0.3 is 18.9 Å². The van der Waals surface area contributed by atoms with E-state index >= 15 is 0 Å². The van der Waals surface area contributed by atoms with E-state index < -0.39 is 13.4 Å². The molecule has 1 unspecified atom stereocenters. The van der Waals surface area contributed by atoms with Gasteiger partial charge in [0.2, 0.25) is 0 Å². The minimum absolute atomic E-state index is 0.124. The lowest BCUT2D eigenvalue weighted by Gasteiger charge is -2.29. The average molecular weight is 181 g/mol. The molecule has 0 aliphatic carbocycles. The molecule has 0 rings (SSSR count). The minimum atomic E-state index is -3.50. The maximum atomic E-state index is 11.2. The first-order valence-corrected chi connectivity index (χ1v) is 5.31. The Morgan fingerprint density at radius 3 is 2.18 bits per heavy atom. The molecule has 0 aromatic heterocycles. The smallest absolute Gasteiger partial charge is 0.197 e. The molecule has 0 amide bonds. The highest BCUT2D eigenvalue weighted by atomic mass is 31.2. The van der Waals surface area contributed by atoms with Crippen LogP contribution in [0.5, 0.6) is 0 Å². The Kier molecular flexibility index (Phi) is 4.93. The number of hydrogen-bond donors (Lipinski definition) is 0. The van der Waals surface area contributed by atoms with Crippen LogP contribution in [0.15, 0.2) is 0 Å². The molecule has 0 aromatic rings. The van der Waals surface area contributed by atoms with E-state index in [1.54, 1.807) is 6.92 Å². The van der Waals surface area contributed by atoms with Crippen molar-refractivity contribution in [3.8, 4) is 0 Å². The lowest BCUT2D eigenvalue weighted by Crippen LogP contribution is -2.22. The normalized spacial score (nSPS) is 16.8. The molecule has 0 radical (unpaired) electrons. The van der Waals surface area contributed by atoms with Crippen LogP contribution in [-0.4, -0.2) is 26.4 Å². The second-order valence-corrected chi connectivity index (χ2v) is 4.55. The Morgan fingerprint density at radius 2 is 1.91 bits per heavy atom. The summed E-state index contributed by atoms with van der Waals surface area (Å²) in [7, 11) is -0.869. The summed E-state index contributed by atoms with van der Waals surface area (Å²) in [5.74, 6) is 0. The van der Waals surface area contributed by atoms with Gasteiger partial charge in [0.1, 0.15) is 0 Å². The van der Waals surface area contributed by atoms with Crippen molar-refractivity contribution in [1.82, 2.24) is 0 Å². The molecule has 0 spiro atoms. The van der Waals surface area contributed by atoms with Gasteiger partial charge >= 0.3 is 0 Å². The number of rotatable bonds is 5. The zero-order valence-corrected chi connectivity index (χ0v) is 7.97. The molecule has 0 saturated heterocycles. The van der Waals surface area contributed by atoms with Crippen LogP contribution in [0.4, 0.5) is 0 Å². The van der Waals surface area contributed by atoms with E-state index in [-0.39, 0.29) is 6.16 Å². The van der Waals surface area contributed by atoms with Gasteiger partial charge in [-0.25, -0.2) is 0 Å². The highest BCUT2D eigenvalue weighted by Crippen LogP contribution is 2.42. The van der Waals surface area contributed by atoms with E-state index in [2.05, 4.69) is 9.47 Å². The molecule has 0 aromatic carbocycles. The van der Waals surface area contributed by atoms with Crippen LogP contribution in [0.25, 0.3) is 0 Å². The molecule has 1 atom stereocenters. The summed E-state index contributed by atoms with van der Waals surface area (Å²) in [5, 5.41) is 0. The van der Waals surface area contributed by atoms with Gasteiger partial charge in [0, 0.05) is 14.2 Å². The summed E-state index contributed by atoms with van der Waals surface area (Å²) in [6.45, 7) is 1.80. The first-order valence-electron chi connectivity index (χ1n) is 3.43. The molecule has 0 fully saturated rings. The van der Waals surface area contributed by atoms with Gasteiger partial charge in [0.15, 0.2) is 6.03 Å². The third kappa shape index (κ3) is 3.34. The molecule has 5 heteroatoms. The average Bonchev–Trinajstić information content (AvgIpc) is 1.89. The van der Waals surface area contributed by atoms with Crippen LogP contribution in [0.3, 0.4) is 0 Å². The molecule has 0 bridgehead atoms.